The Balaban J connectivity index is 1.99. The minimum Gasteiger partial charge on any atom is -0.386 e. The van der Waals surface area contributed by atoms with Gasteiger partial charge in [-0.25, -0.2) is 0 Å². The Hall–Kier alpha value is -1.47. The Morgan fingerprint density at radius 2 is 2.08 bits per heavy atom. The van der Waals surface area contributed by atoms with Gasteiger partial charge in [0.2, 0.25) is 0 Å². The summed E-state index contributed by atoms with van der Waals surface area (Å²) in [5.74, 6) is -0.864. The van der Waals surface area contributed by atoms with Crippen LogP contribution >= 0.6 is 11.6 Å². The molecule has 1 aromatic carbocycles. The van der Waals surface area contributed by atoms with Gasteiger partial charge in [-0.15, -0.1) is 0 Å². The number of aliphatic hydroxyl groups is 1. The Morgan fingerprint density at radius 1 is 1.35 bits per heavy atom. The van der Waals surface area contributed by atoms with Crippen molar-refractivity contribution in [1.82, 2.24) is 10.6 Å². The summed E-state index contributed by atoms with van der Waals surface area (Å²) in [5.41, 5.74) is 0.573. The molecule has 3 N–H and O–H groups in total. The molecule has 3 atom stereocenters. The molecule has 8 heteroatoms. The quantitative estimate of drug-likeness (QED) is 0.524. The summed E-state index contributed by atoms with van der Waals surface area (Å²) < 4.78 is 38.9. The van der Waals surface area contributed by atoms with E-state index in [9.17, 15) is 18.3 Å². The van der Waals surface area contributed by atoms with E-state index in [2.05, 4.69) is 15.6 Å². The van der Waals surface area contributed by atoms with E-state index in [0.29, 0.717) is 35.9 Å². The molecule has 3 unspecified atom stereocenters. The zero-order valence-corrected chi connectivity index (χ0v) is 15.4. The van der Waals surface area contributed by atoms with Crippen LogP contribution in [0.5, 0.6) is 0 Å². The van der Waals surface area contributed by atoms with E-state index in [-0.39, 0.29) is 25.4 Å². The second-order valence-corrected chi connectivity index (χ2v) is 6.91. The lowest BCUT2D eigenvalue weighted by molar-refractivity contribution is -0.183. The van der Waals surface area contributed by atoms with Crippen molar-refractivity contribution in [3.8, 4) is 0 Å². The molecule has 1 aromatic rings. The van der Waals surface area contributed by atoms with E-state index >= 15 is 0 Å². The molecule has 0 saturated heterocycles. The summed E-state index contributed by atoms with van der Waals surface area (Å²) in [6, 6.07) is 6.67. The van der Waals surface area contributed by atoms with E-state index in [1.165, 1.54) is 0 Å². The molecule has 0 aromatic heterocycles. The number of nitrogens with one attached hydrogen (secondary N) is 2. The minimum atomic E-state index is -4.16. The lowest BCUT2D eigenvalue weighted by atomic mass is 9.85. The van der Waals surface area contributed by atoms with Crippen LogP contribution in [-0.4, -0.2) is 36.4 Å². The highest BCUT2D eigenvalue weighted by Crippen LogP contribution is 2.37. The van der Waals surface area contributed by atoms with Crippen LogP contribution in [0.2, 0.25) is 5.02 Å². The van der Waals surface area contributed by atoms with E-state index < -0.39 is 18.2 Å². The van der Waals surface area contributed by atoms with Gasteiger partial charge >= 0.3 is 6.18 Å². The Morgan fingerprint density at radius 3 is 2.73 bits per heavy atom. The molecule has 0 amide bonds. The molecule has 26 heavy (non-hydrogen) atoms. The molecule has 0 radical (unpaired) electrons. The summed E-state index contributed by atoms with van der Waals surface area (Å²) in [5, 5.41) is 16.8. The van der Waals surface area contributed by atoms with Gasteiger partial charge in [0.25, 0.3) is 0 Å². The average molecular weight is 392 g/mol. The second-order valence-electron chi connectivity index (χ2n) is 6.50. The molecule has 0 heterocycles. The number of aliphatic imine (C=N–C) groups is 1. The first-order chi connectivity index (χ1) is 12.3. The third-order valence-corrected chi connectivity index (χ3v) is 4.85. The van der Waals surface area contributed by atoms with Gasteiger partial charge < -0.3 is 15.7 Å². The monoisotopic (exact) mass is 391 g/mol. The number of benzene rings is 1. The fourth-order valence-electron chi connectivity index (χ4n) is 3.15. The Labute approximate surface area is 156 Å². The minimum absolute atomic E-state index is 0.0426. The number of hydrogen-bond donors (Lipinski definition) is 3. The van der Waals surface area contributed by atoms with Gasteiger partial charge in [-0.3, -0.25) is 4.99 Å². The number of aliphatic hydroxyl groups excluding tert-OH is 1. The lowest BCUT2D eigenvalue weighted by Gasteiger charge is -2.32. The first kappa shape index (κ1) is 20.8. The topological polar surface area (TPSA) is 56.7 Å². The molecule has 1 saturated carbocycles. The number of guanidine groups is 1. The fourth-order valence-corrected chi connectivity index (χ4v) is 3.41. The zero-order chi connectivity index (χ0) is 19.2. The fraction of sp³-hybridized carbons (Fsp3) is 0.611. The number of nitrogens with zero attached hydrogens (tertiary/aromatic N) is 1. The zero-order valence-electron chi connectivity index (χ0n) is 14.7. The van der Waals surface area contributed by atoms with Crippen molar-refractivity contribution in [3.63, 3.8) is 0 Å². The van der Waals surface area contributed by atoms with Gasteiger partial charge in [0, 0.05) is 23.2 Å². The van der Waals surface area contributed by atoms with Gasteiger partial charge in [0.1, 0.15) is 6.10 Å². The maximum Gasteiger partial charge on any atom is 0.391 e. The van der Waals surface area contributed by atoms with E-state index in [4.69, 9.17) is 11.6 Å². The van der Waals surface area contributed by atoms with Gasteiger partial charge in [-0.1, -0.05) is 36.2 Å². The van der Waals surface area contributed by atoms with E-state index in [1.807, 2.05) is 6.92 Å². The van der Waals surface area contributed by atoms with Crippen LogP contribution in [0.3, 0.4) is 0 Å². The molecule has 1 aliphatic rings. The predicted octanol–water partition coefficient (Wildman–Crippen LogP) is 4.05. The molecule has 4 nitrogen and oxygen atoms in total. The van der Waals surface area contributed by atoms with Gasteiger partial charge in [0.15, 0.2) is 5.96 Å². The first-order valence-electron chi connectivity index (χ1n) is 8.85. The molecule has 0 bridgehead atoms. The van der Waals surface area contributed by atoms with Crippen LogP contribution < -0.4 is 10.6 Å². The maximum atomic E-state index is 13.0. The average Bonchev–Trinajstić information content (AvgIpc) is 2.59. The summed E-state index contributed by atoms with van der Waals surface area (Å²) in [6.07, 6.45) is -3.61. The molecular formula is C18H25ClF3N3O. The van der Waals surface area contributed by atoms with Crippen LogP contribution in [0.1, 0.15) is 44.3 Å². The van der Waals surface area contributed by atoms with Crippen LogP contribution in [0.15, 0.2) is 29.3 Å². The first-order valence-corrected chi connectivity index (χ1v) is 9.23. The van der Waals surface area contributed by atoms with E-state index in [1.54, 1.807) is 24.3 Å². The molecule has 1 aliphatic carbocycles. The van der Waals surface area contributed by atoms with Crippen molar-refractivity contribution in [2.75, 3.05) is 13.1 Å². The highest BCUT2D eigenvalue weighted by atomic mass is 35.5. The van der Waals surface area contributed by atoms with Crippen LogP contribution in [0.25, 0.3) is 0 Å². The number of alkyl halides is 3. The normalized spacial score (nSPS) is 22.8. The van der Waals surface area contributed by atoms with Crippen molar-refractivity contribution < 1.29 is 18.3 Å². The Kier molecular flexibility index (Phi) is 7.58. The van der Waals surface area contributed by atoms with Gasteiger partial charge in [-0.2, -0.15) is 13.2 Å². The van der Waals surface area contributed by atoms with Crippen LogP contribution in [0, 0.1) is 5.92 Å². The second kappa shape index (κ2) is 9.46. The van der Waals surface area contributed by atoms with Crippen molar-refractivity contribution in [3.05, 3.63) is 34.9 Å². The smallest absolute Gasteiger partial charge is 0.386 e. The molecule has 2 rings (SSSR count). The van der Waals surface area contributed by atoms with Crippen molar-refractivity contribution in [2.45, 2.75) is 50.9 Å². The SMILES string of the molecule is CCNC(=NCC(O)c1ccccc1Cl)NC1CCCC(C(F)(F)F)C1. The van der Waals surface area contributed by atoms with Gasteiger partial charge in [0.05, 0.1) is 12.5 Å². The van der Waals surface area contributed by atoms with Crippen molar-refractivity contribution in [2.24, 2.45) is 10.9 Å². The number of hydrogen-bond acceptors (Lipinski definition) is 2. The number of halogens is 4. The van der Waals surface area contributed by atoms with Crippen LogP contribution in [-0.2, 0) is 0 Å². The van der Waals surface area contributed by atoms with Crippen molar-refractivity contribution in [1.29, 1.82) is 0 Å². The lowest BCUT2D eigenvalue weighted by Crippen LogP contribution is -2.47. The van der Waals surface area contributed by atoms with E-state index in [0.717, 1.165) is 0 Å². The molecule has 0 spiro atoms. The summed E-state index contributed by atoms with van der Waals surface area (Å²) >= 11 is 6.06. The van der Waals surface area contributed by atoms with Crippen LogP contribution in [0.4, 0.5) is 13.2 Å². The third-order valence-electron chi connectivity index (χ3n) is 4.51. The molecule has 1 fully saturated rings. The standard InChI is InChI=1S/C18H25ClF3N3O/c1-2-23-17(24-11-16(26)14-8-3-4-9-15(14)19)25-13-7-5-6-12(10-13)18(20,21)22/h3-4,8-9,12-13,16,26H,2,5-7,10-11H2,1H3,(H2,23,24,25). The highest BCUT2D eigenvalue weighted by molar-refractivity contribution is 6.31. The predicted molar refractivity (Wildman–Crippen MR) is 97.3 cm³/mol. The third kappa shape index (κ3) is 6.06. The highest BCUT2D eigenvalue weighted by Gasteiger charge is 2.42. The largest absolute Gasteiger partial charge is 0.391 e. The summed E-state index contributed by atoms with van der Waals surface area (Å²) in [6.45, 7) is 2.51. The Bertz CT molecular complexity index is 610. The molecular weight excluding hydrogens is 367 g/mol. The summed E-state index contributed by atoms with van der Waals surface area (Å²) in [4.78, 5) is 4.32. The maximum absolute atomic E-state index is 13.0. The van der Waals surface area contributed by atoms with Gasteiger partial charge in [-0.05, 0) is 32.3 Å². The van der Waals surface area contributed by atoms with Crippen molar-refractivity contribution >= 4 is 17.6 Å². The number of rotatable bonds is 5. The molecule has 146 valence electrons. The summed E-state index contributed by atoms with van der Waals surface area (Å²) in [7, 11) is 0. The molecule has 0 aliphatic heterocycles.